The summed E-state index contributed by atoms with van der Waals surface area (Å²) in [4.78, 5) is 44.4. The van der Waals surface area contributed by atoms with Gasteiger partial charge in [0.15, 0.2) is 5.60 Å². The first-order valence-electron chi connectivity index (χ1n) is 12.4. The van der Waals surface area contributed by atoms with Crippen LogP contribution >= 0.6 is 0 Å². The molecule has 2 aromatic rings. The van der Waals surface area contributed by atoms with Gasteiger partial charge in [-0.05, 0) is 37.1 Å². The Kier molecular flexibility index (Phi) is 11.9. The standard InChI is InChI=1S/C20H28N4O.C6H8O7/c1-3-5-20-21-14-17(15-22-20)16-23-10-4-11-24(13-12-23)18-6-8-19(25-2)9-7-18;7-3(8)1-6(13,5(11)12)2-4(9)10/h6-9,14-15H,3-5,10-13,16H2,1-2H3;13H,1-2H2,(H,7,8)(H,9,10)(H,11,12). The van der Waals surface area contributed by atoms with Crippen LogP contribution in [0.25, 0.3) is 0 Å². The molecular formula is C26H36N4O8. The zero-order valence-electron chi connectivity index (χ0n) is 21.7. The van der Waals surface area contributed by atoms with E-state index in [-0.39, 0.29) is 0 Å². The average molecular weight is 533 g/mol. The van der Waals surface area contributed by atoms with Gasteiger partial charge < -0.3 is 30.1 Å². The highest BCUT2D eigenvalue weighted by Crippen LogP contribution is 2.21. The van der Waals surface area contributed by atoms with Crippen LogP contribution in [-0.4, -0.2) is 92.1 Å². The quantitative estimate of drug-likeness (QED) is 0.331. The summed E-state index contributed by atoms with van der Waals surface area (Å²) in [6, 6.07) is 8.37. The Balaban J connectivity index is 0.000000332. The molecule has 0 atom stereocenters. The Hall–Kier alpha value is -3.77. The molecule has 0 bridgehead atoms. The maximum atomic E-state index is 10.3. The van der Waals surface area contributed by atoms with Crippen LogP contribution in [0.2, 0.25) is 0 Å². The summed E-state index contributed by atoms with van der Waals surface area (Å²) in [5.74, 6) is -3.16. The monoisotopic (exact) mass is 532 g/mol. The molecule has 1 aromatic heterocycles. The molecule has 12 heteroatoms. The van der Waals surface area contributed by atoms with Crippen LogP contribution in [0.1, 0.15) is 44.0 Å². The summed E-state index contributed by atoms with van der Waals surface area (Å²) in [6.07, 6.45) is 4.91. The van der Waals surface area contributed by atoms with E-state index in [1.807, 2.05) is 24.5 Å². The van der Waals surface area contributed by atoms with E-state index in [0.717, 1.165) is 57.1 Å². The van der Waals surface area contributed by atoms with Gasteiger partial charge in [-0.2, -0.15) is 0 Å². The summed E-state index contributed by atoms with van der Waals surface area (Å²) < 4.78 is 5.25. The lowest BCUT2D eigenvalue weighted by Gasteiger charge is -2.23. The second-order valence-electron chi connectivity index (χ2n) is 9.05. The Morgan fingerprint density at radius 3 is 2.05 bits per heavy atom. The number of benzene rings is 1. The predicted octanol–water partition coefficient (Wildman–Crippen LogP) is 1.90. The third-order valence-corrected chi connectivity index (χ3v) is 5.95. The molecule has 0 radical (unpaired) electrons. The van der Waals surface area contributed by atoms with Gasteiger partial charge in [0.05, 0.1) is 20.0 Å². The number of ether oxygens (including phenoxy) is 1. The second-order valence-corrected chi connectivity index (χ2v) is 9.05. The number of carboxylic acids is 3. The molecule has 208 valence electrons. The van der Waals surface area contributed by atoms with Crippen LogP contribution in [0.3, 0.4) is 0 Å². The lowest BCUT2D eigenvalue weighted by molar-refractivity contribution is -0.170. The van der Waals surface area contributed by atoms with Gasteiger partial charge in [0.1, 0.15) is 11.6 Å². The van der Waals surface area contributed by atoms with E-state index in [4.69, 9.17) is 25.2 Å². The number of carbonyl (C=O) groups is 3. The van der Waals surface area contributed by atoms with Crippen molar-refractivity contribution < 1.29 is 39.5 Å². The first kappa shape index (κ1) is 30.5. The Morgan fingerprint density at radius 1 is 0.947 bits per heavy atom. The number of carboxylic acid groups (broad SMARTS) is 3. The Bertz CT molecular complexity index is 1030. The van der Waals surface area contributed by atoms with Crippen molar-refractivity contribution in [3.05, 3.63) is 48.0 Å². The molecule has 4 N–H and O–H groups in total. The molecule has 1 saturated heterocycles. The second kappa shape index (κ2) is 14.8. The number of hydrogen-bond donors (Lipinski definition) is 4. The number of aliphatic carboxylic acids is 3. The normalized spacial score (nSPS) is 14.1. The van der Waals surface area contributed by atoms with E-state index in [9.17, 15) is 14.4 Å². The lowest BCUT2D eigenvalue weighted by Crippen LogP contribution is -2.42. The minimum atomic E-state index is -2.74. The zero-order valence-corrected chi connectivity index (χ0v) is 21.7. The van der Waals surface area contributed by atoms with Crippen molar-refractivity contribution >= 4 is 23.6 Å². The number of rotatable bonds is 11. The van der Waals surface area contributed by atoms with E-state index < -0.39 is 36.4 Å². The van der Waals surface area contributed by atoms with E-state index in [0.29, 0.717) is 0 Å². The van der Waals surface area contributed by atoms with Crippen LogP contribution in [-0.2, 0) is 27.3 Å². The summed E-state index contributed by atoms with van der Waals surface area (Å²) in [5.41, 5.74) is -0.259. The van der Waals surface area contributed by atoms with Crippen molar-refractivity contribution in [3.63, 3.8) is 0 Å². The molecule has 1 fully saturated rings. The highest BCUT2D eigenvalue weighted by Gasteiger charge is 2.40. The first-order chi connectivity index (χ1) is 18.1. The molecule has 0 spiro atoms. The topological polar surface area (TPSA) is 174 Å². The van der Waals surface area contributed by atoms with Gasteiger partial charge in [0.25, 0.3) is 0 Å². The molecule has 38 heavy (non-hydrogen) atoms. The number of aromatic nitrogens is 2. The fraction of sp³-hybridized carbons (Fsp3) is 0.500. The van der Waals surface area contributed by atoms with E-state index in [2.05, 4.69) is 38.8 Å². The zero-order chi connectivity index (χ0) is 28.1. The van der Waals surface area contributed by atoms with Crippen LogP contribution < -0.4 is 9.64 Å². The molecule has 0 aliphatic carbocycles. The van der Waals surface area contributed by atoms with Gasteiger partial charge in [-0.15, -0.1) is 0 Å². The largest absolute Gasteiger partial charge is 0.497 e. The van der Waals surface area contributed by atoms with E-state index >= 15 is 0 Å². The summed E-state index contributed by atoms with van der Waals surface area (Å²) >= 11 is 0. The highest BCUT2D eigenvalue weighted by atomic mass is 16.5. The molecular weight excluding hydrogens is 496 g/mol. The summed E-state index contributed by atoms with van der Waals surface area (Å²) in [7, 11) is 1.71. The van der Waals surface area contributed by atoms with Crippen molar-refractivity contribution in [2.24, 2.45) is 0 Å². The minimum Gasteiger partial charge on any atom is -0.497 e. The van der Waals surface area contributed by atoms with Crippen molar-refractivity contribution in [1.29, 1.82) is 0 Å². The van der Waals surface area contributed by atoms with Gasteiger partial charge in [0.2, 0.25) is 0 Å². The number of nitrogens with zero attached hydrogens (tertiary/aromatic N) is 4. The van der Waals surface area contributed by atoms with Crippen molar-refractivity contribution in [2.45, 2.75) is 51.2 Å². The molecule has 0 unspecified atom stereocenters. The number of aryl methyl sites for hydroxylation is 1. The Morgan fingerprint density at radius 2 is 1.55 bits per heavy atom. The van der Waals surface area contributed by atoms with E-state index in [1.165, 1.54) is 17.7 Å². The molecule has 2 heterocycles. The SMILES string of the molecule is CCCc1ncc(CN2CCCN(c3ccc(OC)cc3)CC2)cn1.O=C(O)CC(O)(CC(=O)O)C(=O)O. The van der Waals surface area contributed by atoms with Gasteiger partial charge in [-0.25, -0.2) is 14.8 Å². The Labute approximate surface area is 221 Å². The summed E-state index contributed by atoms with van der Waals surface area (Å²) in [5, 5.41) is 33.8. The van der Waals surface area contributed by atoms with E-state index in [1.54, 1.807) is 7.11 Å². The van der Waals surface area contributed by atoms with Crippen molar-refractivity contribution in [1.82, 2.24) is 14.9 Å². The average Bonchev–Trinajstić information content (AvgIpc) is 3.10. The van der Waals surface area contributed by atoms with Crippen LogP contribution in [0, 0.1) is 0 Å². The molecule has 1 aliphatic heterocycles. The van der Waals surface area contributed by atoms with Gasteiger partial charge >= 0.3 is 17.9 Å². The molecule has 12 nitrogen and oxygen atoms in total. The van der Waals surface area contributed by atoms with Crippen molar-refractivity contribution in [3.8, 4) is 5.75 Å². The maximum Gasteiger partial charge on any atom is 0.336 e. The molecule has 0 amide bonds. The predicted molar refractivity (Wildman–Crippen MR) is 138 cm³/mol. The lowest BCUT2D eigenvalue weighted by atomic mass is 9.96. The number of anilines is 1. The smallest absolute Gasteiger partial charge is 0.336 e. The molecule has 1 aromatic carbocycles. The number of methoxy groups -OCH3 is 1. The minimum absolute atomic E-state index is 0.909. The number of hydrogen-bond acceptors (Lipinski definition) is 9. The van der Waals surface area contributed by atoms with Gasteiger partial charge in [-0.1, -0.05) is 6.92 Å². The van der Waals surface area contributed by atoms with Gasteiger partial charge in [-0.3, -0.25) is 14.5 Å². The van der Waals surface area contributed by atoms with Gasteiger partial charge in [0, 0.05) is 62.8 Å². The summed E-state index contributed by atoms with van der Waals surface area (Å²) in [6.45, 7) is 7.40. The molecule has 0 saturated carbocycles. The highest BCUT2D eigenvalue weighted by molar-refractivity contribution is 5.88. The van der Waals surface area contributed by atoms with Crippen LogP contribution in [0.4, 0.5) is 5.69 Å². The fourth-order valence-electron chi connectivity index (χ4n) is 3.97. The maximum absolute atomic E-state index is 10.3. The fourth-order valence-corrected chi connectivity index (χ4v) is 3.97. The number of aliphatic hydroxyl groups is 1. The third kappa shape index (κ3) is 9.94. The third-order valence-electron chi connectivity index (χ3n) is 5.95. The first-order valence-corrected chi connectivity index (χ1v) is 12.4. The molecule has 3 rings (SSSR count). The van der Waals surface area contributed by atoms with Crippen molar-refractivity contribution in [2.75, 3.05) is 38.2 Å². The van der Waals surface area contributed by atoms with Crippen LogP contribution in [0.15, 0.2) is 36.7 Å². The molecule has 1 aliphatic rings. The van der Waals surface area contributed by atoms with Crippen LogP contribution in [0.5, 0.6) is 5.75 Å².